The maximum absolute atomic E-state index is 6.08. The van der Waals surface area contributed by atoms with Gasteiger partial charge in [0.2, 0.25) is 5.95 Å². The minimum absolute atomic E-state index is 0.0210. The van der Waals surface area contributed by atoms with Gasteiger partial charge in [-0.15, -0.1) is 10.2 Å². The van der Waals surface area contributed by atoms with Crippen LogP contribution in [0.4, 0.5) is 5.95 Å². The van der Waals surface area contributed by atoms with Crippen molar-refractivity contribution < 1.29 is 4.74 Å². The van der Waals surface area contributed by atoms with E-state index >= 15 is 0 Å². The summed E-state index contributed by atoms with van der Waals surface area (Å²) < 4.78 is 8.30. The number of benzene rings is 1. The Bertz CT molecular complexity index is 1090. The molecular weight excluding hydrogens is 400 g/mol. The van der Waals surface area contributed by atoms with Crippen molar-refractivity contribution in [1.29, 1.82) is 0 Å². The van der Waals surface area contributed by atoms with Crippen LogP contribution in [0.3, 0.4) is 0 Å². The first-order valence-electron chi connectivity index (χ1n) is 11.3. The monoisotopic (exact) mass is 434 g/mol. The lowest BCUT2D eigenvalue weighted by Gasteiger charge is -2.29. The van der Waals surface area contributed by atoms with E-state index in [0.29, 0.717) is 24.8 Å². The van der Waals surface area contributed by atoms with Crippen molar-refractivity contribution in [2.24, 2.45) is 0 Å². The first-order chi connectivity index (χ1) is 15.0. The fraction of sp³-hybridized carbons (Fsp3) is 0.520. The lowest BCUT2D eigenvalue weighted by Crippen LogP contribution is -2.36. The van der Waals surface area contributed by atoms with Gasteiger partial charge in [-0.25, -0.2) is 9.97 Å². The summed E-state index contributed by atoms with van der Waals surface area (Å²) in [6.07, 6.45) is 3.52. The Morgan fingerprint density at radius 1 is 0.938 bits per heavy atom. The minimum Gasteiger partial charge on any atom is -0.486 e. The summed E-state index contributed by atoms with van der Waals surface area (Å²) in [5, 5.41) is 8.83. The number of ether oxygens (including phenoxy) is 1. The third-order valence-corrected chi connectivity index (χ3v) is 5.92. The highest BCUT2D eigenvalue weighted by molar-refractivity contribution is 5.39. The van der Waals surface area contributed by atoms with Crippen molar-refractivity contribution in [2.75, 3.05) is 11.4 Å². The second-order valence-corrected chi connectivity index (χ2v) is 10.6. The van der Waals surface area contributed by atoms with Gasteiger partial charge in [0, 0.05) is 18.5 Å². The van der Waals surface area contributed by atoms with Crippen LogP contribution in [-0.4, -0.2) is 31.3 Å². The zero-order chi connectivity index (χ0) is 23.1. The molecular formula is C25H34N6O. The molecule has 170 valence electrons. The number of rotatable bonds is 4. The van der Waals surface area contributed by atoms with Gasteiger partial charge < -0.3 is 14.2 Å². The van der Waals surface area contributed by atoms with Crippen molar-refractivity contribution in [3.63, 3.8) is 0 Å². The number of aryl methyl sites for hydroxylation is 1. The Labute approximate surface area is 190 Å². The van der Waals surface area contributed by atoms with Gasteiger partial charge in [-0.3, -0.25) is 0 Å². The number of aromatic nitrogens is 5. The Morgan fingerprint density at radius 3 is 2.31 bits per heavy atom. The van der Waals surface area contributed by atoms with Gasteiger partial charge in [0.15, 0.2) is 11.6 Å². The molecule has 7 nitrogen and oxygen atoms in total. The molecule has 0 atom stereocenters. The molecule has 1 aliphatic rings. The molecule has 0 N–H and O–H groups in total. The predicted octanol–water partition coefficient (Wildman–Crippen LogP) is 4.57. The van der Waals surface area contributed by atoms with Crippen LogP contribution in [0.2, 0.25) is 0 Å². The predicted molar refractivity (Wildman–Crippen MR) is 126 cm³/mol. The Kier molecular flexibility index (Phi) is 5.69. The van der Waals surface area contributed by atoms with E-state index in [2.05, 4.69) is 96.3 Å². The van der Waals surface area contributed by atoms with Gasteiger partial charge in [-0.2, -0.15) is 0 Å². The summed E-state index contributed by atoms with van der Waals surface area (Å²) >= 11 is 0. The van der Waals surface area contributed by atoms with Crippen LogP contribution < -0.4 is 9.64 Å². The standard InChI is InChI=1S/C25H34N6O/c1-17-9-8-10-20(24(2,3)4)19(17)16-32-18-13-26-23(27-14-18)30-11-12-31-21(15-30)28-29-22(31)25(5,6)7/h8-10,13-14H,11-12,15-16H2,1-7H3. The molecule has 0 amide bonds. The second-order valence-electron chi connectivity index (χ2n) is 10.6. The smallest absolute Gasteiger partial charge is 0.225 e. The van der Waals surface area contributed by atoms with Crippen LogP contribution in [0.15, 0.2) is 30.6 Å². The normalized spacial score (nSPS) is 14.4. The number of anilines is 1. The average Bonchev–Trinajstić information content (AvgIpc) is 3.16. The number of fused-ring (bicyclic) bond motifs is 1. The average molecular weight is 435 g/mol. The van der Waals surface area contributed by atoms with E-state index in [1.54, 1.807) is 12.4 Å². The Morgan fingerprint density at radius 2 is 1.66 bits per heavy atom. The van der Waals surface area contributed by atoms with Gasteiger partial charge in [0.25, 0.3) is 0 Å². The molecule has 0 unspecified atom stereocenters. The van der Waals surface area contributed by atoms with Crippen molar-refractivity contribution in [3.8, 4) is 5.75 Å². The molecule has 3 aromatic rings. The minimum atomic E-state index is -0.0210. The molecule has 0 radical (unpaired) electrons. The third-order valence-electron chi connectivity index (χ3n) is 5.92. The SMILES string of the molecule is Cc1cccc(C(C)(C)C)c1COc1cnc(N2CCn3c(nnc3C(C)(C)C)C2)nc1. The van der Waals surface area contributed by atoms with Crippen molar-refractivity contribution in [2.45, 2.75) is 79.0 Å². The van der Waals surface area contributed by atoms with Crippen LogP contribution in [0, 0.1) is 6.92 Å². The largest absolute Gasteiger partial charge is 0.486 e. The molecule has 4 rings (SSSR count). The molecule has 3 heterocycles. The van der Waals surface area contributed by atoms with E-state index in [-0.39, 0.29) is 10.8 Å². The van der Waals surface area contributed by atoms with Gasteiger partial charge in [0.05, 0.1) is 18.9 Å². The quantitative estimate of drug-likeness (QED) is 0.599. The van der Waals surface area contributed by atoms with E-state index in [4.69, 9.17) is 4.74 Å². The Hall–Kier alpha value is -2.96. The maximum Gasteiger partial charge on any atom is 0.225 e. The van der Waals surface area contributed by atoms with Crippen LogP contribution in [-0.2, 0) is 30.5 Å². The summed E-state index contributed by atoms with van der Waals surface area (Å²) in [5.41, 5.74) is 3.82. The number of hydrogen-bond acceptors (Lipinski definition) is 6. The van der Waals surface area contributed by atoms with Crippen molar-refractivity contribution in [3.05, 3.63) is 58.9 Å². The molecule has 32 heavy (non-hydrogen) atoms. The maximum atomic E-state index is 6.08. The summed E-state index contributed by atoms with van der Waals surface area (Å²) in [4.78, 5) is 11.3. The third kappa shape index (κ3) is 4.47. The summed E-state index contributed by atoms with van der Waals surface area (Å²) in [6, 6.07) is 6.43. The zero-order valence-electron chi connectivity index (χ0n) is 20.3. The fourth-order valence-corrected chi connectivity index (χ4v) is 4.18. The first kappa shape index (κ1) is 22.2. The topological polar surface area (TPSA) is 69.0 Å². The lowest BCUT2D eigenvalue weighted by atomic mass is 9.82. The molecule has 0 fully saturated rings. The lowest BCUT2D eigenvalue weighted by molar-refractivity contribution is 0.299. The van der Waals surface area contributed by atoms with Crippen LogP contribution >= 0.6 is 0 Å². The first-order valence-corrected chi connectivity index (χ1v) is 11.3. The molecule has 2 aromatic heterocycles. The second kappa shape index (κ2) is 8.19. The Balaban J connectivity index is 1.45. The number of hydrogen-bond donors (Lipinski definition) is 0. The van der Waals surface area contributed by atoms with Gasteiger partial charge in [0.1, 0.15) is 12.4 Å². The molecule has 0 aliphatic carbocycles. The molecule has 0 saturated carbocycles. The summed E-state index contributed by atoms with van der Waals surface area (Å²) in [7, 11) is 0. The van der Waals surface area contributed by atoms with Crippen LogP contribution in [0.5, 0.6) is 5.75 Å². The highest BCUT2D eigenvalue weighted by atomic mass is 16.5. The van der Waals surface area contributed by atoms with Gasteiger partial charge >= 0.3 is 0 Å². The van der Waals surface area contributed by atoms with Gasteiger partial charge in [-0.05, 0) is 29.0 Å². The van der Waals surface area contributed by atoms with E-state index in [1.165, 1.54) is 16.7 Å². The summed E-state index contributed by atoms with van der Waals surface area (Å²) in [5.74, 6) is 3.35. The molecule has 1 aromatic carbocycles. The van der Waals surface area contributed by atoms with Crippen LogP contribution in [0.25, 0.3) is 0 Å². The van der Waals surface area contributed by atoms with Crippen molar-refractivity contribution in [1.82, 2.24) is 24.7 Å². The van der Waals surface area contributed by atoms with E-state index < -0.39 is 0 Å². The zero-order valence-corrected chi connectivity index (χ0v) is 20.3. The molecule has 0 spiro atoms. The molecule has 7 heteroatoms. The van der Waals surface area contributed by atoms with Crippen LogP contribution in [0.1, 0.15) is 69.9 Å². The molecule has 0 bridgehead atoms. The molecule has 0 saturated heterocycles. The van der Waals surface area contributed by atoms with Crippen molar-refractivity contribution >= 4 is 5.95 Å². The van der Waals surface area contributed by atoms with E-state index in [0.717, 1.165) is 24.7 Å². The summed E-state index contributed by atoms with van der Waals surface area (Å²) in [6.45, 7) is 18.1. The van der Waals surface area contributed by atoms with E-state index in [9.17, 15) is 0 Å². The highest BCUT2D eigenvalue weighted by Gasteiger charge is 2.28. The number of nitrogens with zero attached hydrogens (tertiary/aromatic N) is 6. The highest BCUT2D eigenvalue weighted by Crippen LogP contribution is 2.29. The van der Waals surface area contributed by atoms with E-state index in [1.807, 2.05) is 0 Å². The fourth-order valence-electron chi connectivity index (χ4n) is 4.18. The van der Waals surface area contributed by atoms with Gasteiger partial charge in [-0.1, -0.05) is 59.7 Å². The molecule has 1 aliphatic heterocycles.